The van der Waals surface area contributed by atoms with Gasteiger partial charge in [-0.25, -0.2) is 4.79 Å². The van der Waals surface area contributed by atoms with Crippen molar-refractivity contribution in [1.29, 1.82) is 0 Å². The molecule has 0 aliphatic rings. The van der Waals surface area contributed by atoms with Gasteiger partial charge in [0, 0.05) is 9.86 Å². The van der Waals surface area contributed by atoms with Gasteiger partial charge in [-0.1, -0.05) is 22.9 Å². The Kier molecular flexibility index (Phi) is 4.96. The molecular weight excluding hydrogens is 348 g/mol. The molecule has 0 bridgehead atoms. The van der Waals surface area contributed by atoms with E-state index < -0.39 is 5.97 Å². The maximum atomic E-state index is 11.6. The number of fused-ring (bicyclic) bond motifs is 1. The first-order valence-electron chi connectivity index (χ1n) is 7.12. The Morgan fingerprint density at radius 3 is 2.45 bits per heavy atom. The fourth-order valence-electron chi connectivity index (χ4n) is 2.59. The Balaban J connectivity index is 2.95. The summed E-state index contributed by atoms with van der Waals surface area (Å²) in [5.41, 5.74) is 1.03. The number of benzene rings is 2. The number of ether oxygens (including phenoxy) is 2. The molecule has 22 heavy (non-hydrogen) atoms. The molecule has 0 atom stereocenters. The third-order valence-corrected chi connectivity index (χ3v) is 4.09. The normalized spacial score (nSPS) is 11.0. The highest BCUT2D eigenvalue weighted by molar-refractivity contribution is 9.10. The van der Waals surface area contributed by atoms with Crippen LogP contribution >= 0.6 is 15.9 Å². The van der Waals surface area contributed by atoms with E-state index in [-0.39, 0.29) is 11.7 Å². The van der Waals surface area contributed by atoms with Crippen molar-refractivity contribution >= 4 is 32.7 Å². The van der Waals surface area contributed by atoms with Crippen molar-refractivity contribution in [3.8, 4) is 11.5 Å². The molecule has 0 fully saturated rings. The van der Waals surface area contributed by atoms with Gasteiger partial charge in [-0.05, 0) is 44.0 Å². The molecule has 0 aliphatic carbocycles. The Hall–Kier alpha value is -1.75. The predicted molar refractivity (Wildman–Crippen MR) is 90.3 cm³/mol. The van der Waals surface area contributed by atoms with Gasteiger partial charge in [0.15, 0.2) is 0 Å². The molecule has 0 radical (unpaired) electrons. The van der Waals surface area contributed by atoms with Crippen LogP contribution in [0.15, 0.2) is 22.7 Å². The highest BCUT2D eigenvalue weighted by atomic mass is 79.9. The number of hydrogen-bond acceptors (Lipinski definition) is 3. The SMILES string of the molecule is CCc1c(C(=O)O)cc(OC)c2c(OC(C)C)ccc(Br)c12. The first kappa shape index (κ1) is 16.6. The maximum Gasteiger partial charge on any atom is 0.336 e. The summed E-state index contributed by atoms with van der Waals surface area (Å²) in [5, 5.41) is 11.1. The summed E-state index contributed by atoms with van der Waals surface area (Å²) in [6.07, 6.45) is 0.615. The Bertz CT molecular complexity index is 722. The summed E-state index contributed by atoms with van der Waals surface area (Å²) >= 11 is 3.53. The van der Waals surface area contributed by atoms with Crippen LogP contribution in [0.1, 0.15) is 36.7 Å². The average Bonchev–Trinajstić information content (AvgIpc) is 2.47. The van der Waals surface area contributed by atoms with Crippen LogP contribution in [-0.4, -0.2) is 24.3 Å². The second kappa shape index (κ2) is 6.57. The molecule has 0 saturated heterocycles. The van der Waals surface area contributed by atoms with Crippen LogP contribution in [0.5, 0.6) is 11.5 Å². The molecule has 4 nitrogen and oxygen atoms in total. The predicted octanol–water partition coefficient (Wildman–Crippen LogP) is 4.66. The van der Waals surface area contributed by atoms with Crippen LogP contribution < -0.4 is 9.47 Å². The van der Waals surface area contributed by atoms with Crippen LogP contribution in [0, 0.1) is 0 Å². The smallest absolute Gasteiger partial charge is 0.336 e. The molecule has 0 amide bonds. The zero-order valence-electron chi connectivity index (χ0n) is 13.1. The van der Waals surface area contributed by atoms with Gasteiger partial charge in [-0.3, -0.25) is 0 Å². The number of rotatable bonds is 5. The number of carbonyl (C=O) groups is 1. The Morgan fingerprint density at radius 1 is 1.27 bits per heavy atom. The van der Waals surface area contributed by atoms with Crippen molar-refractivity contribution in [2.75, 3.05) is 7.11 Å². The monoisotopic (exact) mass is 366 g/mol. The number of hydrogen-bond donors (Lipinski definition) is 1. The Morgan fingerprint density at radius 2 is 1.95 bits per heavy atom. The van der Waals surface area contributed by atoms with E-state index >= 15 is 0 Å². The van der Waals surface area contributed by atoms with Crippen molar-refractivity contribution in [3.05, 3.63) is 33.8 Å². The van der Waals surface area contributed by atoms with Gasteiger partial charge in [0.2, 0.25) is 0 Å². The molecule has 2 rings (SSSR count). The van der Waals surface area contributed by atoms with Crippen molar-refractivity contribution in [2.45, 2.75) is 33.3 Å². The Labute approximate surface area is 138 Å². The van der Waals surface area contributed by atoms with E-state index in [1.807, 2.05) is 32.9 Å². The standard InChI is InChI=1S/C17H19BrO4/c1-5-10-11(17(19)20)8-14(21-4)16-13(22-9(2)3)7-6-12(18)15(10)16/h6-9H,5H2,1-4H3,(H,19,20). The van der Waals surface area contributed by atoms with Gasteiger partial charge < -0.3 is 14.6 Å². The van der Waals surface area contributed by atoms with Gasteiger partial charge in [-0.2, -0.15) is 0 Å². The summed E-state index contributed by atoms with van der Waals surface area (Å²) in [5.74, 6) is 0.234. The number of aromatic carboxylic acids is 1. The van der Waals surface area contributed by atoms with Crippen LogP contribution in [-0.2, 0) is 6.42 Å². The minimum Gasteiger partial charge on any atom is -0.496 e. The van der Waals surface area contributed by atoms with Gasteiger partial charge in [0.05, 0.1) is 24.2 Å². The zero-order chi connectivity index (χ0) is 16.4. The molecule has 118 valence electrons. The van der Waals surface area contributed by atoms with Crippen LogP contribution in [0.4, 0.5) is 0 Å². The summed E-state index contributed by atoms with van der Waals surface area (Å²) in [6, 6.07) is 5.32. The molecule has 0 saturated carbocycles. The second-order valence-corrected chi connectivity index (χ2v) is 6.08. The minimum absolute atomic E-state index is 0.0123. The molecule has 0 aliphatic heterocycles. The van der Waals surface area contributed by atoms with Gasteiger partial charge in [0.25, 0.3) is 0 Å². The van der Waals surface area contributed by atoms with E-state index in [4.69, 9.17) is 9.47 Å². The largest absolute Gasteiger partial charge is 0.496 e. The van der Waals surface area contributed by atoms with Crippen molar-refractivity contribution in [3.63, 3.8) is 0 Å². The average molecular weight is 367 g/mol. The number of carboxylic acid groups (broad SMARTS) is 1. The van der Waals surface area contributed by atoms with E-state index in [1.54, 1.807) is 6.07 Å². The second-order valence-electron chi connectivity index (χ2n) is 5.23. The van der Waals surface area contributed by atoms with Gasteiger partial charge >= 0.3 is 5.97 Å². The van der Waals surface area contributed by atoms with Crippen molar-refractivity contribution in [2.24, 2.45) is 0 Å². The third-order valence-electron chi connectivity index (χ3n) is 3.43. The van der Waals surface area contributed by atoms with E-state index in [9.17, 15) is 9.90 Å². The van der Waals surface area contributed by atoms with Gasteiger partial charge in [-0.15, -0.1) is 0 Å². The molecule has 0 unspecified atom stereocenters. The van der Waals surface area contributed by atoms with E-state index in [0.717, 1.165) is 20.8 Å². The summed E-state index contributed by atoms with van der Waals surface area (Å²) in [6.45, 7) is 5.84. The maximum absolute atomic E-state index is 11.6. The van der Waals surface area contributed by atoms with Crippen LogP contribution in [0.25, 0.3) is 10.8 Å². The number of methoxy groups -OCH3 is 1. The fraction of sp³-hybridized carbons (Fsp3) is 0.353. The van der Waals surface area contributed by atoms with E-state index in [0.29, 0.717) is 17.9 Å². The molecular formula is C17H19BrO4. The molecule has 5 heteroatoms. The number of aryl methyl sites for hydroxylation is 1. The van der Waals surface area contributed by atoms with E-state index in [2.05, 4.69) is 15.9 Å². The summed E-state index contributed by atoms with van der Waals surface area (Å²) < 4.78 is 12.1. The topological polar surface area (TPSA) is 55.8 Å². The molecule has 0 heterocycles. The molecule has 1 N–H and O–H groups in total. The highest BCUT2D eigenvalue weighted by Gasteiger charge is 2.21. The molecule has 2 aromatic rings. The molecule has 2 aromatic carbocycles. The lowest BCUT2D eigenvalue weighted by molar-refractivity contribution is 0.0695. The molecule has 0 aromatic heterocycles. The summed E-state index contributed by atoms with van der Waals surface area (Å²) in [4.78, 5) is 11.6. The lowest BCUT2D eigenvalue weighted by Crippen LogP contribution is -2.08. The molecule has 0 spiro atoms. The van der Waals surface area contributed by atoms with Gasteiger partial charge in [0.1, 0.15) is 11.5 Å². The third kappa shape index (κ3) is 2.90. The van der Waals surface area contributed by atoms with Crippen LogP contribution in [0.3, 0.4) is 0 Å². The fourth-order valence-corrected chi connectivity index (χ4v) is 3.16. The lowest BCUT2D eigenvalue weighted by Gasteiger charge is -2.19. The first-order valence-corrected chi connectivity index (χ1v) is 7.92. The first-order chi connectivity index (χ1) is 10.4. The summed E-state index contributed by atoms with van der Waals surface area (Å²) in [7, 11) is 1.53. The minimum atomic E-state index is -0.959. The number of carboxylic acids is 1. The number of halogens is 1. The highest BCUT2D eigenvalue weighted by Crippen LogP contribution is 2.42. The van der Waals surface area contributed by atoms with Crippen LogP contribution in [0.2, 0.25) is 0 Å². The van der Waals surface area contributed by atoms with Crippen molar-refractivity contribution < 1.29 is 19.4 Å². The quantitative estimate of drug-likeness (QED) is 0.835. The van der Waals surface area contributed by atoms with Crippen molar-refractivity contribution in [1.82, 2.24) is 0 Å². The zero-order valence-corrected chi connectivity index (χ0v) is 14.7. The van der Waals surface area contributed by atoms with E-state index in [1.165, 1.54) is 7.11 Å². The lowest BCUT2D eigenvalue weighted by atomic mass is 9.95.